The minimum atomic E-state index is -0.231. The molecule has 0 saturated heterocycles. The number of hydrogen-bond acceptors (Lipinski definition) is 3. The first kappa shape index (κ1) is 20.2. The Kier molecular flexibility index (Phi) is 5.35. The summed E-state index contributed by atoms with van der Waals surface area (Å²) in [7, 11) is 1.84. The third kappa shape index (κ3) is 3.27. The average Bonchev–Trinajstić information content (AvgIpc) is 3.04. The van der Waals surface area contributed by atoms with Crippen molar-refractivity contribution in [3.05, 3.63) is 69.6 Å². The smallest absolute Gasteiger partial charge is 0.296 e. The normalized spacial score (nSPS) is 11.3. The van der Waals surface area contributed by atoms with Crippen LogP contribution in [0, 0.1) is 0 Å². The lowest BCUT2D eigenvalue weighted by atomic mass is 10.1. The minimum absolute atomic E-state index is 0.0157. The highest BCUT2D eigenvalue weighted by atomic mass is 35.5. The van der Waals surface area contributed by atoms with Gasteiger partial charge in [-0.3, -0.25) is 9.59 Å². The highest BCUT2D eigenvalue weighted by Crippen LogP contribution is 2.30. The highest BCUT2D eigenvalue weighted by molar-refractivity contribution is 6.31. The number of rotatable bonds is 5. The number of benzene rings is 2. The van der Waals surface area contributed by atoms with E-state index in [1.807, 2.05) is 67.9 Å². The molecular formula is C23H23ClN4O2. The molecule has 7 heteroatoms. The van der Waals surface area contributed by atoms with Crippen molar-refractivity contribution in [1.29, 1.82) is 0 Å². The molecule has 30 heavy (non-hydrogen) atoms. The number of aromatic nitrogens is 3. The molecule has 0 aliphatic carbocycles. The van der Waals surface area contributed by atoms with E-state index in [0.29, 0.717) is 40.4 Å². The molecule has 0 radical (unpaired) electrons. The Bertz CT molecular complexity index is 1300. The van der Waals surface area contributed by atoms with Gasteiger partial charge < -0.3 is 9.47 Å². The van der Waals surface area contributed by atoms with Gasteiger partial charge in [0.25, 0.3) is 5.56 Å². The number of hydrogen-bond donors (Lipinski definition) is 0. The van der Waals surface area contributed by atoms with Crippen LogP contribution in [-0.4, -0.2) is 38.2 Å². The molecule has 0 aliphatic rings. The molecule has 0 N–H and O–H groups in total. The lowest BCUT2D eigenvalue weighted by molar-refractivity contribution is -0.130. The van der Waals surface area contributed by atoms with E-state index >= 15 is 0 Å². The maximum Gasteiger partial charge on any atom is 0.296 e. The van der Waals surface area contributed by atoms with E-state index < -0.39 is 0 Å². The van der Waals surface area contributed by atoms with Gasteiger partial charge in [0.1, 0.15) is 5.52 Å². The van der Waals surface area contributed by atoms with Crippen molar-refractivity contribution in [3.63, 3.8) is 0 Å². The summed E-state index contributed by atoms with van der Waals surface area (Å²) >= 11 is 6.22. The number of para-hydroxylation sites is 1. The van der Waals surface area contributed by atoms with Crippen molar-refractivity contribution in [1.82, 2.24) is 19.2 Å². The maximum absolute atomic E-state index is 13.4. The summed E-state index contributed by atoms with van der Waals surface area (Å²) in [6.07, 6.45) is 0.118. The lowest BCUT2D eigenvalue weighted by Gasteiger charge is -2.19. The summed E-state index contributed by atoms with van der Waals surface area (Å²) in [6, 6.07) is 14.8. The molecule has 0 spiro atoms. The number of halogens is 1. The van der Waals surface area contributed by atoms with E-state index in [2.05, 4.69) is 5.10 Å². The molecule has 0 bridgehead atoms. The Morgan fingerprint density at radius 1 is 1.10 bits per heavy atom. The molecule has 6 nitrogen and oxygen atoms in total. The molecule has 0 fully saturated rings. The molecule has 4 rings (SSSR count). The van der Waals surface area contributed by atoms with E-state index in [4.69, 9.17) is 11.6 Å². The van der Waals surface area contributed by atoms with Crippen LogP contribution in [0.25, 0.3) is 27.5 Å². The monoisotopic (exact) mass is 422 g/mol. The van der Waals surface area contributed by atoms with E-state index in [1.165, 1.54) is 4.68 Å². The average molecular weight is 423 g/mol. The molecule has 0 aliphatic heterocycles. The second-order valence-electron chi connectivity index (χ2n) is 7.19. The minimum Gasteiger partial charge on any atom is -0.343 e. The fourth-order valence-electron chi connectivity index (χ4n) is 3.97. The van der Waals surface area contributed by atoms with Gasteiger partial charge in [0.05, 0.1) is 23.3 Å². The van der Waals surface area contributed by atoms with Gasteiger partial charge in [0, 0.05) is 35.9 Å². The third-order valence-electron chi connectivity index (χ3n) is 5.50. The van der Waals surface area contributed by atoms with E-state index in [1.54, 1.807) is 11.0 Å². The van der Waals surface area contributed by atoms with Crippen molar-refractivity contribution in [2.24, 2.45) is 7.05 Å². The van der Waals surface area contributed by atoms with Crippen molar-refractivity contribution in [3.8, 4) is 5.69 Å². The first-order valence-corrected chi connectivity index (χ1v) is 10.4. The standard InChI is InChI=1S/C23H23ClN4O2/c1-4-27(5-2)20(29)14-18-21-17-12-11-15(24)13-19(17)26(3)22(21)23(30)28(25-18)16-9-7-6-8-10-16/h6-13H,4-5,14H2,1-3H3. The number of likely N-dealkylation sites (N-methyl/N-ethyl adjacent to an activating group) is 1. The van der Waals surface area contributed by atoms with Crippen molar-refractivity contribution in [2.45, 2.75) is 20.3 Å². The Hall–Kier alpha value is -3.12. The van der Waals surface area contributed by atoms with Gasteiger partial charge in [-0.1, -0.05) is 35.9 Å². The van der Waals surface area contributed by atoms with Crippen LogP contribution in [0.1, 0.15) is 19.5 Å². The largest absolute Gasteiger partial charge is 0.343 e. The Morgan fingerprint density at radius 2 is 1.80 bits per heavy atom. The maximum atomic E-state index is 13.4. The van der Waals surface area contributed by atoms with Crippen molar-refractivity contribution >= 4 is 39.3 Å². The molecule has 0 atom stereocenters. The van der Waals surface area contributed by atoms with Crippen molar-refractivity contribution < 1.29 is 4.79 Å². The molecule has 2 heterocycles. The van der Waals surface area contributed by atoms with Crippen LogP contribution in [0.4, 0.5) is 0 Å². The first-order valence-electron chi connectivity index (χ1n) is 9.99. The molecular weight excluding hydrogens is 400 g/mol. The van der Waals surface area contributed by atoms with E-state index in [9.17, 15) is 9.59 Å². The zero-order chi connectivity index (χ0) is 21.4. The van der Waals surface area contributed by atoms with Crippen LogP contribution in [0.2, 0.25) is 5.02 Å². The molecule has 0 saturated carbocycles. The summed E-state index contributed by atoms with van der Waals surface area (Å²) in [5, 5.41) is 6.82. The van der Waals surface area contributed by atoms with Crippen LogP contribution in [0.5, 0.6) is 0 Å². The molecule has 4 aromatic rings. The Labute approximate surface area is 179 Å². The summed E-state index contributed by atoms with van der Waals surface area (Å²) in [5.74, 6) is -0.0157. The number of nitrogens with zero attached hydrogens (tertiary/aromatic N) is 4. The fraction of sp³-hybridized carbons (Fsp3) is 0.261. The van der Waals surface area contributed by atoms with Gasteiger partial charge in [-0.05, 0) is 38.1 Å². The van der Waals surface area contributed by atoms with Gasteiger partial charge >= 0.3 is 0 Å². The Balaban J connectivity index is 2.06. The third-order valence-corrected chi connectivity index (χ3v) is 5.74. The van der Waals surface area contributed by atoms with Crippen LogP contribution >= 0.6 is 11.6 Å². The molecule has 154 valence electrons. The lowest BCUT2D eigenvalue weighted by Crippen LogP contribution is -2.33. The molecule has 2 aromatic heterocycles. The fourth-order valence-corrected chi connectivity index (χ4v) is 4.13. The second kappa shape index (κ2) is 7.95. The van der Waals surface area contributed by atoms with Gasteiger partial charge in [-0.2, -0.15) is 9.78 Å². The summed E-state index contributed by atoms with van der Waals surface area (Å²) in [4.78, 5) is 28.1. The number of fused-ring (bicyclic) bond motifs is 3. The molecule has 2 aromatic carbocycles. The topological polar surface area (TPSA) is 60.1 Å². The highest BCUT2D eigenvalue weighted by Gasteiger charge is 2.22. The zero-order valence-corrected chi connectivity index (χ0v) is 18.0. The quantitative estimate of drug-likeness (QED) is 0.489. The number of aryl methyl sites for hydroxylation is 1. The van der Waals surface area contributed by atoms with Gasteiger partial charge in [-0.25, -0.2) is 0 Å². The van der Waals surface area contributed by atoms with E-state index in [0.717, 1.165) is 10.9 Å². The Morgan fingerprint density at radius 3 is 2.47 bits per heavy atom. The molecule has 1 amide bonds. The van der Waals surface area contributed by atoms with Crippen molar-refractivity contribution in [2.75, 3.05) is 13.1 Å². The summed E-state index contributed by atoms with van der Waals surface area (Å²) < 4.78 is 3.22. The number of carbonyl (C=O) groups is 1. The predicted molar refractivity (Wildman–Crippen MR) is 120 cm³/mol. The van der Waals surface area contributed by atoms with Crippen LogP contribution in [0.15, 0.2) is 53.3 Å². The molecule has 0 unspecified atom stereocenters. The van der Waals surface area contributed by atoms with Gasteiger partial charge in [0.2, 0.25) is 5.91 Å². The second-order valence-corrected chi connectivity index (χ2v) is 7.62. The predicted octanol–water partition coefficient (Wildman–Crippen LogP) is 3.94. The zero-order valence-electron chi connectivity index (χ0n) is 17.2. The first-order chi connectivity index (χ1) is 14.5. The van der Waals surface area contributed by atoms with Crippen LogP contribution < -0.4 is 5.56 Å². The number of amides is 1. The SMILES string of the molecule is CCN(CC)C(=O)Cc1nn(-c2ccccc2)c(=O)c2c1c1ccc(Cl)cc1n2C. The number of carbonyl (C=O) groups excluding carboxylic acids is 1. The summed E-state index contributed by atoms with van der Waals surface area (Å²) in [5.41, 5.74) is 2.35. The van der Waals surface area contributed by atoms with Gasteiger partial charge in [-0.15, -0.1) is 0 Å². The van der Waals surface area contributed by atoms with Crippen LogP contribution in [0.3, 0.4) is 0 Å². The summed E-state index contributed by atoms with van der Waals surface area (Å²) in [6.45, 7) is 5.16. The van der Waals surface area contributed by atoms with Gasteiger partial charge in [0.15, 0.2) is 0 Å². The van der Waals surface area contributed by atoms with Crippen LogP contribution in [-0.2, 0) is 18.3 Å². The van der Waals surface area contributed by atoms with E-state index in [-0.39, 0.29) is 17.9 Å².